The van der Waals surface area contributed by atoms with Gasteiger partial charge >= 0.3 is 5.97 Å². The van der Waals surface area contributed by atoms with E-state index in [9.17, 15) is 9.90 Å². The molecular formula is C13H17NO2. The predicted octanol–water partition coefficient (Wildman–Crippen LogP) is 2.63. The van der Waals surface area contributed by atoms with Crippen molar-refractivity contribution in [1.82, 2.24) is 0 Å². The number of hydrogen-bond donors (Lipinski definition) is 2. The zero-order valence-electron chi connectivity index (χ0n) is 9.23. The minimum Gasteiger partial charge on any atom is -0.481 e. The lowest BCUT2D eigenvalue weighted by molar-refractivity contribution is -0.140. The molecule has 0 amide bonds. The Labute approximate surface area is 95.3 Å². The molecular weight excluding hydrogens is 202 g/mol. The van der Waals surface area contributed by atoms with Crippen LogP contribution < -0.4 is 5.73 Å². The highest BCUT2D eigenvalue weighted by atomic mass is 16.4. The molecule has 1 aromatic carbocycles. The van der Waals surface area contributed by atoms with Crippen molar-refractivity contribution < 1.29 is 9.90 Å². The van der Waals surface area contributed by atoms with Crippen LogP contribution in [0.2, 0.25) is 0 Å². The number of anilines is 1. The maximum absolute atomic E-state index is 11.4. The Morgan fingerprint density at radius 1 is 1.38 bits per heavy atom. The van der Waals surface area contributed by atoms with Gasteiger partial charge in [0.2, 0.25) is 0 Å². The summed E-state index contributed by atoms with van der Waals surface area (Å²) in [6.45, 7) is 0. The van der Waals surface area contributed by atoms with Gasteiger partial charge in [0.25, 0.3) is 0 Å². The van der Waals surface area contributed by atoms with Gasteiger partial charge in [-0.1, -0.05) is 25.0 Å². The molecule has 0 heterocycles. The first-order valence-electron chi connectivity index (χ1n) is 5.76. The first-order valence-corrected chi connectivity index (χ1v) is 5.76. The molecule has 3 nitrogen and oxygen atoms in total. The van der Waals surface area contributed by atoms with Crippen molar-refractivity contribution in [3.63, 3.8) is 0 Å². The standard InChI is InChI=1S/C13H17NO2/c14-11-7-3-6-10(8-11)12(13(15)16)9-4-1-2-5-9/h3,6-9,12H,1-2,4-5,14H2,(H,15,16). The summed E-state index contributed by atoms with van der Waals surface area (Å²) in [5.74, 6) is -0.831. The first kappa shape index (κ1) is 11.0. The Morgan fingerprint density at radius 3 is 2.62 bits per heavy atom. The van der Waals surface area contributed by atoms with Crippen molar-refractivity contribution in [2.24, 2.45) is 5.92 Å². The molecule has 0 aliphatic heterocycles. The van der Waals surface area contributed by atoms with E-state index in [4.69, 9.17) is 5.73 Å². The summed E-state index contributed by atoms with van der Waals surface area (Å²) < 4.78 is 0. The third-order valence-electron chi connectivity index (χ3n) is 3.41. The molecule has 3 heteroatoms. The number of aliphatic carboxylic acids is 1. The van der Waals surface area contributed by atoms with Gasteiger partial charge < -0.3 is 10.8 Å². The number of carboxylic acids is 1. The number of benzene rings is 1. The number of carboxylic acid groups (broad SMARTS) is 1. The highest BCUT2D eigenvalue weighted by Crippen LogP contribution is 2.37. The van der Waals surface area contributed by atoms with Crippen molar-refractivity contribution in [3.8, 4) is 0 Å². The fraction of sp³-hybridized carbons (Fsp3) is 0.462. The molecule has 16 heavy (non-hydrogen) atoms. The van der Waals surface area contributed by atoms with Gasteiger partial charge in [-0.3, -0.25) is 4.79 Å². The van der Waals surface area contributed by atoms with Gasteiger partial charge in [-0.25, -0.2) is 0 Å². The minimum absolute atomic E-state index is 0.277. The molecule has 1 atom stereocenters. The average Bonchev–Trinajstić information content (AvgIpc) is 2.71. The summed E-state index contributed by atoms with van der Waals surface area (Å²) in [6.07, 6.45) is 4.34. The molecule has 3 N–H and O–H groups in total. The number of nitrogen functional groups attached to an aromatic ring is 1. The fourth-order valence-corrected chi connectivity index (χ4v) is 2.66. The van der Waals surface area contributed by atoms with E-state index in [1.165, 1.54) is 0 Å². The van der Waals surface area contributed by atoms with Crippen LogP contribution in [0.25, 0.3) is 0 Å². The van der Waals surface area contributed by atoms with Crippen LogP contribution in [0.4, 0.5) is 5.69 Å². The van der Waals surface area contributed by atoms with Gasteiger partial charge in [0.1, 0.15) is 0 Å². The zero-order valence-corrected chi connectivity index (χ0v) is 9.23. The summed E-state index contributed by atoms with van der Waals surface area (Å²) in [5, 5.41) is 9.34. The van der Waals surface area contributed by atoms with Gasteiger partial charge in [-0.05, 0) is 36.5 Å². The fourth-order valence-electron chi connectivity index (χ4n) is 2.66. The smallest absolute Gasteiger partial charge is 0.311 e. The third kappa shape index (κ3) is 2.18. The van der Waals surface area contributed by atoms with Gasteiger partial charge in [0, 0.05) is 5.69 Å². The van der Waals surface area contributed by atoms with Gasteiger partial charge in [0.15, 0.2) is 0 Å². The molecule has 0 aromatic heterocycles. The van der Waals surface area contributed by atoms with Crippen molar-refractivity contribution in [1.29, 1.82) is 0 Å². The van der Waals surface area contributed by atoms with Crippen LogP contribution in [0.15, 0.2) is 24.3 Å². The van der Waals surface area contributed by atoms with Crippen LogP contribution in [0.1, 0.15) is 37.2 Å². The highest BCUT2D eigenvalue weighted by Gasteiger charge is 2.31. The quantitative estimate of drug-likeness (QED) is 0.768. The second-order valence-corrected chi connectivity index (χ2v) is 4.53. The topological polar surface area (TPSA) is 63.3 Å². The summed E-state index contributed by atoms with van der Waals surface area (Å²) in [7, 11) is 0. The van der Waals surface area contributed by atoms with Crippen LogP contribution in [0, 0.1) is 5.92 Å². The Morgan fingerprint density at radius 2 is 2.06 bits per heavy atom. The summed E-state index contributed by atoms with van der Waals surface area (Å²) in [6, 6.07) is 7.27. The van der Waals surface area contributed by atoms with Gasteiger partial charge in [-0.2, -0.15) is 0 Å². The molecule has 1 aromatic rings. The summed E-state index contributed by atoms with van der Waals surface area (Å²) in [5.41, 5.74) is 7.19. The van der Waals surface area contributed by atoms with Crippen molar-refractivity contribution in [2.75, 3.05) is 5.73 Å². The molecule has 86 valence electrons. The largest absolute Gasteiger partial charge is 0.481 e. The minimum atomic E-state index is -0.725. The van der Waals surface area contributed by atoms with E-state index >= 15 is 0 Å². The molecule has 1 unspecified atom stereocenters. The van der Waals surface area contributed by atoms with E-state index in [-0.39, 0.29) is 11.8 Å². The normalized spacial score (nSPS) is 18.5. The van der Waals surface area contributed by atoms with Crippen molar-refractivity contribution in [2.45, 2.75) is 31.6 Å². The zero-order chi connectivity index (χ0) is 11.5. The summed E-state index contributed by atoms with van der Waals surface area (Å²) >= 11 is 0. The van der Waals surface area contributed by atoms with Crippen LogP contribution in [-0.2, 0) is 4.79 Å². The molecule has 1 saturated carbocycles. The number of nitrogens with two attached hydrogens (primary N) is 1. The van der Waals surface area contributed by atoms with Crippen LogP contribution in [0.3, 0.4) is 0 Å². The third-order valence-corrected chi connectivity index (χ3v) is 3.41. The maximum atomic E-state index is 11.4. The van der Waals surface area contributed by atoms with Crippen LogP contribution in [0.5, 0.6) is 0 Å². The second kappa shape index (κ2) is 4.56. The highest BCUT2D eigenvalue weighted by molar-refractivity contribution is 5.77. The number of hydrogen-bond acceptors (Lipinski definition) is 2. The van der Waals surface area contributed by atoms with Crippen molar-refractivity contribution in [3.05, 3.63) is 29.8 Å². The maximum Gasteiger partial charge on any atom is 0.311 e. The van der Waals surface area contributed by atoms with Gasteiger partial charge in [0.05, 0.1) is 5.92 Å². The molecule has 0 bridgehead atoms. The monoisotopic (exact) mass is 219 g/mol. The predicted molar refractivity (Wildman–Crippen MR) is 63.2 cm³/mol. The Hall–Kier alpha value is -1.51. The average molecular weight is 219 g/mol. The van der Waals surface area contributed by atoms with Crippen LogP contribution in [-0.4, -0.2) is 11.1 Å². The lowest BCUT2D eigenvalue weighted by atomic mass is 9.85. The molecule has 0 spiro atoms. The number of rotatable bonds is 3. The molecule has 0 saturated heterocycles. The Bertz CT molecular complexity index is 383. The molecule has 1 aliphatic carbocycles. The Kier molecular flexibility index (Phi) is 3.13. The van der Waals surface area contributed by atoms with E-state index in [0.717, 1.165) is 31.2 Å². The SMILES string of the molecule is Nc1cccc(C(C(=O)O)C2CCCC2)c1. The second-order valence-electron chi connectivity index (χ2n) is 4.53. The Balaban J connectivity index is 2.28. The molecule has 1 aliphatic rings. The summed E-state index contributed by atoms with van der Waals surface area (Å²) in [4.78, 5) is 11.4. The van der Waals surface area contributed by atoms with E-state index in [1.54, 1.807) is 12.1 Å². The van der Waals surface area contributed by atoms with Crippen LogP contribution >= 0.6 is 0 Å². The van der Waals surface area contributed by atoms with E-state index < -0.39 is 5.97 Å². The van der Waals surface area contributed by atoms with Gasteiger partial charge in [-0.15, -0.1) is 0 Å². The van der Waals surface area contributed by atoms with Crippen molar-refractivity contribution >= 4 is 11.7 Å². The first-order chi connectivity index (χ1) is 7.68. The molecule has 2 rings (SSSR count). The molecule has 0 radical (unpaired) electrons. The lowest BCUT2D eigenvalue weighted by Crippen LogP contribution is -2.19. The van der Waals surface area contributed by atoms with E-state index in [0.29, 0.717) is 5.69 Å². The molecule has 1 fully saturated rings. The lowest BCUT2D eigenvalue weighted by Gasteiger charge is -2.19. The van der Waals surface area contributed by atoms with E-state index in [2.05, 4.69) is 0 Å². The van der Waals surface area contributed by atoms with E-state index in [1.807, 2.05) is 12.1 Å². The number of carbonyl (C=O) groups is 1.